The largest absolute Gasteiger partial charge is 0.379 e. The number of amides is 1. The predicted octanol–water partition coefficient (Wildman–Crippen LogP) is 3.17. The van der Waals surface area contributed by atoms with E-state index in [1.807, 2.05) is 19.9 Å². The monoisotopic (exact) mass is 378 g/mol. The number of hydrogen-bond donors (Lipinski definition) is 1. The number of rotatable bonds is 8. The number of aromatic nitrogens is 1. The average molecular weight is 378 g/mol. The van der Waals surface area contributed by atoms with Crippen molar-refractivity contribution in [2.24, 2.45) is 0 Å². The molecule has 1 amide bonds. The highest BCUT2D eigenvalue weighted by Crippen LogP contribution is 2.19. The van der Waals surface area contributed by atoms with E-state index in [4.69, 9.17) is 14.0 Å². The van der Waals surface area contributed by atoms with Crippen LogP contribution in [0.1, 0.15) is 41.2 Å². The summed E-state index contributed by atoms with van der Waals surface area (Å²) in [5.74, 6) is 0.840. The fourth-order valence-corrected chi connectivity index (χ4v) is 3.86. The van der Waals surface area contributed by atoms with Crippen LogP contribution in [-0.2, 0) is 27.3 Å². The zero-order valence-corrected chi connectivity index (χ0v) is 16.1. The molecule has 0 bridgehead atoms. The van der Waals surface area contributed by atoms with Crippen LogP contribution in [-0.4, -0.2) is 36.4 Å². The second kappa shape index (κ2) is 9.30. The van der Waals surface area contributed by atoms with Crippen LogP contribution in [0.4, 0.5) is 0 Å². The molecule has 0 saturated carbocycles. The molecule has 0 radical (unpaired) electrons. The summed E-state index contributed by atoms with van der Waals surface area (Å²) in [6, 6.07) is 4.04. The van der Waals surface area contributed by atoms with Crippen LogP contribution < -0.4 is 5.32 Å². The molecular formula is C19H26N2O4S. The molecular weight excluding hydrogens is 352 g/mol. The highest BCUT2D eigenvalue weighted by molar-refractivity contribution is 7.09. The second-order valence-electron chi connectivity index (χ2n) is 6.62. The lowest BCUT2D eigenvalue weighted by atomic mass is 10.1. The van der Waals surface area contributed by atoms with Crippen molar-refractivity contribution in [1.29, 1.82) is 0 Å². The third-order valence-electron chi connectivity index (χ3n) is 4.67. The molecule has 0 aromatic carbocycles. The molecule has 7 heteroatoms. The van der Waals surface area contributed by atoms with Gasteiger partial charge in [0.2, 0.25) is 5.91 Å². The van der Waals surface area contributed by atoms with E-state index < -0.39 is 0 Å². The SMILES string of the molecule is Cc1noc(C)c1CO[C@H]1CCOC[C@H]1NC(=O)CCCc1cccs1. The summed E-state index contributed by atoms with van der Waals surface area (Å²) in [7, 11) is 0. The van der Waals surface area contributed by atoms with E-state index in [1.165, 1.54) is 4.88 Å². The Morgan fingerprint density at radius 2 is 2.35 bits per heavy atom. The summed E-state index contributed by atoms with van der Waals surface area (Å²) < 4.78 is 16.8. The van der Waals surface area contributed by atoms with E-state index in [9.17, 15) is 4.79 Å². The maximum absolute atomic E-state index is 12.3. The summed E-state index contributed by atoms with van der Waals surface area (Å²) in [6.45, 7) is 5.37. The fraction of sp³-hybridized carbons (Fsp3) is 0.579. The number of thiophene rings is 1. The standard InChI is InChI=1S/C19H26N2O4S/c1-13-16(14(2)25-21-13)11-24-18-8-9-23-12-17(18)20-19(22)7-3-5-15-6-4-10-26-15/h4,6,10,17-18H,3,5,7-9,11-12H2,1-2H3,(H,20,22)/t17-,18+/m1/s1. The van der Waals surface area contributed by atoms with E-state index in [0.29, 0.717) is 26.2 Å². The van der Waals surface area contributed by atoms with Gasteiger partial charge in [-0.05, 0) is 44.6 Å². The van der Waals surface area contributed by atoms with Crippen molar-refractivity contribution < 1.29 is 18.8 Å². The van der Waals surface area contributed by atoms with Crippen LogP contribution >= 0.6 is 11.3 Å². The molecule has 0 unspecified atom stereocenters. The minimum atomic E-state index is -0.113. The van der Waals surface area contributed by atoms with Crippen LogP contribution in [0.25, 0.3) is 0 Å². The molecule has 1 N–H and O–H groups in total. The first-order chi connectivity index (χ1) is 12.6. The van der Waals surface area contributed by atoms with Crippen molar-refractivity contribution in [3.63, 3.8) is 0 Å². The zero-order valence-electron chi connectivity index (χ0n) is 15.3. The van der Waals surface area contributed by atoms with E-state index in [-0.39, 0.29) is 18.1 Å². The smallest absolute Gasteiger partial charge is 0.220 e. The van der Waals surface area contributed by atoms with Gasteiger partial charge in [0.1, 0.15) is 5.76 Å². The Hall–Kier alpha value is -1.70. The van der Waals surface area contributed by atoms with Crippen LogP contribution in [0.15, 0.2) is 22.0 Å². The van der Waals surface area contributed by atoms with Gasteiger partial charge in [0, 0.05) is 23.5 Å². The lowest BCUT2D eigenvalue weighted by molar-refractivity contribution is -0.126. The highest BCUT2D eigenvalue weighted by atomic mass is 32.1. The number of ether oxygens (including phenoxy) is 2. The first kappa shape index (κ1) is 19.1. The van der Waals surface area contributed by atoms with Crippen molar-refractivity contribution in [2.75, 3.05) is 13.2 Å². The molecule has 1 aliphatic rings. The summed E-state index contributed by atoms with van der Waals surface area (Å²) in [4.78, 5) is 13.6. The lowest BCUT2D eigenvalue weighted by Gasteiger charge is -2.32. The zero-order chi connectivity index (χ0) is 18.4. The van der Waals surface area contributed by atoms with Gasteiger partial charge in [-0.25, -0.2) is 0 Å². The molecule has 2 aromatic rings. The third kappa shape index (κ3) is 5.16. The van der Waals surface area contributed by atoms with Gasteiger partial charge < -0.3 is 19.3 Å². The van der Waals surface area contributed by atoms with Crippen LogP contribution in [0.5, 0.6) is 0 Å². The molecule has 2 aromatic heterocycles. The second-order valence-corrected chi connectivity index (χ2v) is 7.65. The number of carbonyl (C=O) groups excluding carboxylic acids is 1. The van der Waals surface area contributed by atoms with Crippen LogP contribution in [0.3, 0.4) is 0 Å². The minimum absolute atomic E-state index is 0.0568. The Morgan fingerprint density at radius 3 is 3.08 bits per heavy atom. The first-order valence-electron chi connectivity index (χ1n) is 9.06. The number of aryl methyl sites for hydroxylation is 3. The van der Waals surface area contributed by atoms with Gasteiger partial charge in [-0.1, -0.05) is 11.2 Å². The van der Waals surface area contributed by atoms with Crippen molar-refractivity contribution >= 4 is 17.2 Å². The number of carbonyl (C=O) groups is 1. The number of nitrogens with zero attached hydrogens (tertiary/aromatic N) is 1. The topological polar surface area (TPSA) is 73.6 Å². The van der Waals surface area contributed by atoms with Crippen molar-refractivity contribution in [2.45, 2.75) is 58.3 Å². The molecule has 1 aliphatic heterocycles. The van der Waals surface area contributed by atoms with Crippen molar-refractivity contribution in [3.05, 3.63) is 39.4 Å². The molecule has 3 rings (SSSR count). The summed E-state index contributed by atoms with van der Waals surface area (Å²) >= 11 is 1.73. The van der Waals surface area contributed by atoms with Gasteiger partial charge in [0.05, 0.1) is 31.1 Å². The van der Waals surface area contributed by atoms with Gasteiger partial charge >= 0.3 is 0 Å². The van der Waals surface area contributed by atoms with E-state index in [1.54, 1.807) is 11.3 Å². The maximum Gasteiger partial charge on any atom is 0.220 e. The molecule has 1 fully saturated rings. The Bertz CT molecular complexity index is 679. The Balaban J connectivity index is 1.46. The minimum Gasteiger partial charge on any atom is -0.379 e. The van der Waals surface area contributed by atoms with Gasteiger partial charge in [0.15, 0.2) is 0 Å². The van der Waals surface area contributed by atoms with Crippen LogP contribution in [0.2, 0.25) is 0 Å². The Morgan fingerprint density at radius 1 is 1.46 bits per heavy atom. The van der Waals surface area contributed by atoms with Gasteiger partial charge in [-0.3, -0.25) is 4.79 Å². The van der Waals surface area contributed by atoms with Gasteiger partial charge in [-0.15, -0.1) is 11.3 Å². The number of hydrogen-bond acceptors (Lipinski definition) is 6. The lowest BCUT2D eigenvalue weighted by Crippen LogP contribution is -2.50. The molecule has 3 heterocycles. The molecule has 0 spiro atoms. The van der Waals surface area contributed by atoms with Gasteiger partial charge in [0.25, 0.3) is 0 Å². The quantitative estimate of drug-likeness (QED) is 0.764. The van der Waals surface area contributed by atoms with Crippen molar-refractivity contribution in [1.82, 2.24) is 10.5 Å². The molecule has 6 nitrogen and oxygen atoms in total. The average Bonchev–Trinajstić information content (AvgIpc) is 3.25. The van der Waals surface area contributed by atoms with E-state index >= 15 is 0 Å². The highest BCUT2D eigenvalue weighted by Gasteiger charge is 2.28. The Kier molecular flexibility index (Phi) is 6.82. The first-order valence-corrected chi connectivity index (χ1v) is 9.94. The third-order valence-corrected chi connectivity index (χ3v) is 5.61. The molecule has 26 heavy (non-hydrogen) atoms. The molecule has 0 aliphatic carbocycles. The molecule has 1 saturated heterocycles. The normalized spacial score (nSPS) is 20.2. The summed E-state index contributed by atoms with van der Waals surface area (Å²) in [5, 5.41) is 9.10. The molecule has 2 atom stereocenters. The fourth-order valence-electron chi connectivity index (χ4n) is 3.11. The van der Waals surface area contributed by atoms with E-state index in [2.05, 4.69) is 21.9 Å². The summed E-state index contributed by atoms with van der Waals surface area (Å²) in [6.07, 6.45) is 3.02. The number of nitrogens with one attached hydrogen (secondary N) is 1. The molecule has 142 valence electrons. The summed E-state index contributed by atoms with van der Waals surface area (Å²) in [5.41, 5.74) is 1.83. The predicted molar refractivity (Wildman–Crippen MR) is 99.2 cm³/mol. The van der Waals surface area contributed by atoms with Crippen LogP contribution in [0, 0.1) is 13.8 Å². The van der Waals surface area contributed by atoms with Crippen molar-refractivity contribution in [3.8, 4) is 0 Å². The van der Waals surface area contributed by atoms with Gasteiger partial charge in [-0.2, -0.15) is 0 Å². The Labute approximate surface area is 157 Å². The van der Waals surface area contributed by atoms with E-state index in [0.717, 1.165) is 36.3 Å². The maximum atomic E-state index is 12.3.